The average Bonchev–Trinajstić information content (AvgIpc) is 2.81. The number of hydrogen-bond donors (Lipinski definition) is 3. The molecule has 1 rings (SSSR count). The Morgan fingerprint density at radius 2 is 2.17 bits per heavy atom. The molecule has 0 bridgehead atoms. The normalized spacial score (nSPS) is 11.8. The van der Waals surface area contributed by atoms with E-state index in [0.717, 1.165) is 25.3 Å². The molecule has 0 saturated carbocycles. The number of nitrogens with one attached hydrogen (secondary N) is 3. The zero-order valence-corrected chi connectivity index (χ0v) is 11.6. The predicted octanol–water partition coefficient (Wildman–Crippen LogP) is 0.261. The van der Waals surface area contributed by atoms with Crippen molar-refractivity contribution in [2.24, 2.45) is 0 Å². The lowest BCUT2D eigenvalue weighted by Gasteiger charge is -2.06. The first kappa shape index (κ1) is 15.1. The van der Waals surface area contributed by atoms with Gasteiger partial charge in [0.1, 0.15) is 5.82 Å². The molecule has 6 nitrogen and oxygen atoms in total. The van der Waals surface area contributed by atoms with Gasteiger partial charge in [0.2, 0.25) is 10.0 Å². The first-order valence-corrected chi connectivity index (χ1v) is 7.95. The molecule has 0 aromatic carbocycles. The zero-order valence-electron chi connectivity index (χ0n) is 10.8. The summed E-state index contributed by atoms with van der Waals surface area (Å²) in [5.41, 5.74) is 0. The minimum absolute atomic E-state index is 0.169. The SMILES string of the molecule is CCCNCCCS(=O)(=O)NCCc1ncc[nH]1. The predicted molar refractivity (Wildman–Crippen MR) is 71.9 cm³/mol. The number of imidazole rings is 1. The second-order valence-corrected chi connectivity index (χ2v) is 6.03. The molecule has 0 saturated heterocycles. The molecule has 18 heavy (non-hydrogen) atoms. The van der Waals surface area contributed by atoms with Crippen LogP contribution >= 0.6 is 0 Å². The summed E-state index contributed by atoms with van der Waals surface area (Å²) in [6, 6.07) is 0. The van der Waals surface area contributed by atoms with Crippen LogP contribution in [0.4, 0.5) is 0 Å². The van der Waals surface area contributed by atoms with Crippen molar-refractivity contribution < 1.29 is 8.42 Å². The van der Waals surface area contributed by atoms with Crippen LogP contribution in [-0.2, 0) is 16.4 Å². The van der Waals surface area contributed by atoms with Crippen molar-refractivity contribution in [1.82, 2.24) is 20.0 Å². The van der Waals surface area contributed by atoms with Gasteiger partial charge in [0, 0.05) is 25.4 Å². The summed E-state index contributed by atoms with van der Waals surface area (Å²) >= 11 is 0. The van der Waals surface area contributed by atoms with Crippen LogP contribution in [0.25, 0.3) is 0 Å². The van der Waals surface area contributed by atoms with Crippen LogP contribution < -0.4 is 10.0 Å². The van der Waals surface area contributed by atoms with Gasteiger partial charge >= 0.3 is 0 Å². The third-order valence-corrected chi connectivity index (χ3v) is 3.90. The standard InChI is InChI=1S/C11H22N4O2S/c1-2-5-12-6-3-10-18(16,17)15-7-4-11-13-8-9-14-11/h8-9,12,15H,2-7,10H2,1H3,(H,13,14). The lowest BCUT2D eigenvalue weighted by atomic mass is 10.4. The smallest absolute Gasteiger partial charge is 0.211 e. The minimum atomic E-state index is -3.15. The van der Waals surface area contributed by atoms with E-state index >= 15 is 0 Å². The van der Waals surface area contributed by atoms with E-state index < -0.39 is 10.0 Å². The zero-order chi connectivity index (χ0) is 13.3. The van der Waals surface area contributed by atoms with Crippen LogP contribution in [0.2, 0.25) is 0 Å². The molecule has 1 aromatic heterocycles. The molecule has 0 aliphatic rings. The monoisotopic (exact) mass is 274 g/mol. The molecule has 0 amide bonds. The van der Waals surface area contributed by atoms with Crippen LogP contribution in [0.15, 0.2) is 12.4 Å². The summed E-state index contributed by atoms with van der Waals surface area (Å²) in [7, 11) is -3.15. The Balaban J connectivity index is 2.11. The van der Waals surface area contributed by atoms with E-state index in [1.165, 1.54) is 0 Å². The highest BCUT2D eigenvalue weighted by Crippen LogP contribution is 1.92. The van der Waals surface area contributed by atoms with Crippen molar-refractivity contribution in [2.45, 2.75) is 26.2 Å². The highest BCUT2D eigenvalue weighted by Gasteiger charge is 2.09. The summed E-state index contributed by atoms with van der Waals surface area (Å²) < 4.78 is 25.8. The van der Waals surface area contributed by atoms with Gasteiger partial charge in [-0.3, -0.25) is 0 Å². The van der Waals surface area contributed by atoms with Crippen LogP contribution in [0, 0.1) is 0 Å². The first-order chi connectivity index (χ1) is 8.64. The van der Waals surface area contributed by atoms with E-state index in [9.17, 15) is 8.42 Å². The molecule has 0 spiro atoms. The van der Waals surface area contributed by atoms with Crippen molar-refractivity contribution in [2.75, 3.05) is 25.4 Å². The topological polar surface area (TPSA) is 86.9 Å². The van der Waals surface area contributed by atoms with E-state index in [-0.39, 0.29) is 5.75 Å². The quantitative estimate of drug-likeness (QED) is 0.534. The van der Waals surface area contributed by atoms with Crippen molar-refractivity contribution in [3.63, 3.8) is 0 Å². The molecule has 0 radical (unpaired) electrons. The molecule has 1 aromatic rings. The number of aromatic nitrogens is 2. The average molecular weight is 274 g/mol. The van der Waals surface area contributed by atoms with Crippen molar-refractivity contribution in [3.05, 3.63) is 18.2 Å². The number of rotatable bonds is 10. The Labute approximate surface area is 109 Å². The molecular formula is C11H22N4O2S. The Hall–Kier alpha value is -0.920. The van der Waals surface area contributed by atoms with Gasteiger partial charge in [0.05, 0.1) is 5.75 Å². The maximum atomic E-state index is 11.6. The van der Waals surface area contributed by atoms with Crippen LogP contribution in [0.1, 0.15) is 25.6 Å². The van der Waals surface area contributed by atoms with Crippen LogP contribution in [-0.4, -0.2) is 43.8 Å². The Morgan fingerprint density at radius 1 is 1.33 bits per heavy atom. The van der Waals surface area contributed by atoms with E-state index in [0.29, 0.717) is 19.4 Å². The van der Waals surface area contributed by atoms with Gasteiger partial charge in [-0.15, -0.1) is 0 Å². The lowest BCUT2D eigenvalue weighted by Crippen LogP contribution is -2.30. The minimum Gasteiger partial charge on any atom is -0.349 e. The number of nitrogens with zero attached hydrogens (tertiary/aromatic N) is 1. The van der Waals surface area contributed by atoms with E-state index in [4.69, 9.17) is 0 Å². The fraction of sp³-hybridized carbons (Fsp3) is 0.727. The summed E-state index contributed by atoms with van der Waals surface area (Å²) in [5.74, 6) is 0.962. The van der Waals surface area contributed by atoms with E-state index in [1.807, 2.05) is 0 Å². The molecule has 0 aliphatic carbocycles. The lowest BCUT2D eigenvalue weighted by molar-refractivity contribution is 0.574. The Morgan fingerprint density at radius 3 is 2.83 bits per heavy atom. The van der Waals surface area contributed by atoms with E-state index in [1.54, 1.807) is 12.4 Å². The first-order valence-electron chi connectivity index (χ1n) is 6.30. The molecule has 1 heterocycles. The number of H-pyrrole nitrogens is 1. The molecular weight excluding hydrogens is 252 g/mol. The van der Waals surface area contributed by atoms with Gasteiger partial charge in [-0.2, -0.15) is 0 Å². The van der Waals surface area contributed by atoms with Gasteiger partial charge < -0.3 is 10.3 Å². The van der Waals surface area contributed by atoms with Crippen molar-refractivity contribution in [1.29, 1.82) is 0 Å². The molecule has 0 atom stereocenters. The summed E-state index contributed by atoms with van der Waals surface area (Å²) in [5, 5.41) is 3.18. The maximum absolute atomic E-state index is 11.6. The fourth-order valence-electron chi connectivity index (χ4n) is 1.52. The maximum Gasteiger partial charge on any atom is 0.211 e. The second-order valence-electron chi connectivity index (χ2n) is 4.10. The summed E-state index contributed by atoms with van der Waals surface area (Å²) in [6.07, 6.45) is 5.66. The number of hydrogen-bond acceptors (Lipinski definition) is 4. The Kier molecular flexibility index (Phi) is 6.92. The molecule has 104 valence electrons. The third kappa shape index (κ3) is 6.73. The van der Waals surface area contributed by atoms with Crippen LogP contribution in [0.5, 0.6) is 0 Å². The highest BCUT2D eigenvalue weighted by molar-refractivity contribution is 7.89. The van der Waals surface area contributed by atoms with Crippen LogP contribution in [0.3, 0.4) is 0 Å². The largest absolute Gasteiger partial charge is 0.349 e. The van der Waals surface area contributed by atoms with Crippen molar-refractivity contribution >= 4 is 10.0 Å². The Bertz CT molecular complexity index is 403. The molecule has 7 heteroatoms. The van der Waals surface area contributed by atoms with Gasteiger partial charge in [0.15, 0.2) is 0 Å². The molecule has 0 aliphatic heterocycles. The van der Waals surface area contributed by atoms with Gasteiger partial charge in [-0.25, -0.2) is 18.1 Å². The second kappa shape index (κ2) is 8.23. The van der Waals surface area contributed by atoms with Gasteiger partial charge in [0.25, 0.3) is 0 Å². The van der Waals surface area contributed by atoms with Gasteiger partial charge in [-0.1, -0.05) is 6.92 Å². The number of aromatic amines is 1. The summed E-state index contributed by atoms with van der Waals surface area (Å²) in [4.78, 5) is 6.97. The third-order valence-electron chi connectivity index (χ3n) is 2.43. The number of sulfonamides is 1. The van der Waals surface area contributed by atoms with E-state index in [2.05, 4.69) is 26.9 Å². The highest BCUT2D eigenvalue weighted by atomic mass is 32.2. The molecule has 3 N–H and O–H groups in total. The molecule has 0 fully saturated rings. The van der Waals surface area contributed by atoms with Gasteiger partial charge in [-0.05, 0) is 25.9 Å². The fourth-order valence-corrected chi connectivity index (χ4v) is 2.60. The summed E-state index contributed by atoms with van der Waals surface area (Å²) in [6.45, 7) is 4.15. The molecule has 0 unspecified atom stereocenters. The van der Waals surface area contributed by atoms with Crippen molar-refractivity contribution in [3.8, 4) is 0 Å².